The van der Waals surface area contributed by atoms with E-state index in [1.807, 2.05) is 0 Å². The van der Waals surface area contributed by atoms with Crippen LogP contribution in [0.3, 0.4) is 0 Å². The predicted octanol–water partition coefficient (Wildman–Crippen LogP) is 3.22. The first-order valence-corrected chi connectivity index (χ1v) is 8.20. The Morgan fingerprint density at radius 2 is 1.92 bits per heavy atom. The van der Waals surface area contributed by atoms with Crippen molar-refractivity contribution in [1.82, 2.24) is 9.88 Å². The summed E-state index contributed by atoms with van der Waals surface area (Å²) in [6.07, 6.45) is 1.62. The molecule has 0 radical (unpaired) electrons. The number of anilines is 1. The zero-order valence-corrected chi connectivity index (χ0v) is 14.3. The van der Waals surface area contributed by atoms with Gasteiger partial charge in [0, 0.05) is 32.4 Å². The first-order valence-electron chi connectivity index (χ1n) is 7.44. The number of rotatable bonds is 2. The molecule has 1 aliphatic heterocycles. The van der Waals surface area contributed by atoms with Gasteiger partial charge in [-0.05, 0) is 24.3 Å². The van der Waals surface area contributed by atoms with Crippen LogP contribution in [0.1, 0.15) is 15.9 Å². The number of halogens is 2. The van der Waals surface area contributed by atoms with Crippen molar-refractivity contribution in [3.05, 3.63) is 57.7 Å². The lowest BCUT2D eigenvalue weighted by atomic mass is 10.1. The predicted molar refractivity (Wildman–Crippen MR) is 93.5 cm³/mol. The van der Waals surface area contributed by atoms with Crippen molar-refractivity contribution in [1.29, 1.82) is 5.26 Å². The molecule has 0 bridgehead atoms. The molecule has 1 aliphatic rings. The van der Waals surface area contributed by atoms with Crippen LogP contribution >= 0.6 is 23.2 Å². The Hall–Kier alpha value is -2.29. The molecule has 7 heteroatoms. The molecular formula is C17H14Cl2N4O. The average Bonchev–Trinajstić information content (AvgIpc) is 2.63. The molecule has 0 atom stereocenters. The van der Waals surface area contributed by atoms with E-state index in [9.17, 15) is 4.79 Å². The third-order valence-corrected chi connectivity index (χ3v) is 4.77. The number of benzene rings is 1. The van der Waals surface area contributed by atoms with E-state index >= 15 is 0 Å². The van der Waals surface area contributed by atoms with Crippen LogP contribution in [0.5, 0.6) is 0 Å². The van der Waals surface area contributed by atoms with Crippen LogP contribution in [0.15, 0.2) is 36.5 Å². The van der Waals surface area contributed by atoms with Crippen LogP contribution in [0.4, 0.5) is 5.82 Å². The van der Waals surface area contributed by atoms with Crippen molar-refractivity contribution < 1.29 is 4.79 Å². The molecule has 2 aromatic rings. The quantitative estimate of drug-likeness (QED) is 0.824. The lowest BCUT2D eigenvalue weighted by Gasteiger charge is -2.35. The zero-order valence-electron chi connectivity index (χ0n) is 12.7. The topological polar surface area (TPSA) is 60.2 Å². The highest BCUT2D eigenvalue weighted by molar-refractivity contribution is 6.43. The van der Waals surface area contributed by atoms with Gasteiger partial charge in [0.1, 0.15) is 5.82 Å². The van der Waals surface area contributed by atoms with Gasteiger partial charge in [-0.3, -0.25) is 4.79 Å². The second-order valence-corrected chi connectivity index (χ2v) is 6.18. The van der Waals surface area contributed by atoms with Crippen molar-refractivity contribution in [3.63, 3.8) is 0 Å². The van der Waals surface area contributed by atoms with E-state index in [-0.39, 0.29) is 10.9 Å². The van der Waals surface area contributed by atoms with Crippen molar-refractivity contribution in [2.75, 3.05) is 31.1 Å². The van der Waals surface area contributed by atoms with Gasteiger partial charge in [-0.2, -0.15) is 5.26 Å². The number of nitrogens with zero attached hydrogens (tertiary/aromatic N) is 4. The Bertz CT molecular complexity index is 810. The summed E-state index contributed by atoms with van der Waals surface area (Å²) in [7, 11) is 0. The van der Waals surface area contributed by atoms with E-state index in [4.69, 9.17) is 28.5 Å². The third kappa shape index (κ3) is 3.30. The van der Waals surface area contributed by atoms with Crippen molar-refractivity contribution >= 4 is 34.9 Å². The van der Waals surface area contributed by atoms with Gasteiger partial charge in [-0.1, -0.05) is 29.3 Å². The fraction of sp³-hybridized carbons (Fsp3) is 0.235. The Morgan fingerprint density at radius 1 is 1.17 bits per heavy atom. The summed E-state index contributed by atoms with van der Waals surface area (Å²) in [6.45, 7) is 2.40. The lowest BCUT2D eigenvalue weighted by Crippen LogP contribution is -2.49. The highest BCUT2D eigenvalue weighted by Gasteiger charge is 2.24. The van der Waals surface area contributed by atoms with Gasteiger partial charge in [0.15, 0.2) is 0 Å². The van der Waals surface area contributed by atoms with Gasteiger partial charge in [-0.25, -0.2) is 4.98 Å². The molecule has 0 aliphatic carbocycles. The van der Waals surface area contributed by atoms with Gasteiger partial charge in [0.2, 0.25) is 0 Å². The number of aromatic nitrogens is 1. The Balaban J connectivity index is 1.69. The summed E-state index contributed by atoms with van der Waals surface area (Å²) in [5, 5.41) is 9.64. The molecule has 0 spiro atoms. The van der Waals surface area contributed by atoms with Gasteiger partial charge in [0.05, 0.1) is 27.2 Å². The van der Waals surface area contributed by atoms with Crippen LogP contribution < -0.4 is 4.90 Å². The van der Waals surface area contributed by atoms with Crippen LogP contribution in [0, 0.1) is 11.3 Å². The summed E-state index contributed by atoms with van der Waals surface area (Å²) in [5.41, 5.74) is 0.992. The fourth-order valence-electron chi connectivity index (χ4n) is 2.64. The number of amides is 1. The van der Waals surface area contributed by atoms with Crippen molar-refractivity contribution in [3.8, 4) is 6.07 Å². The normalized spacial score (nSPS) is 14.4. The monoisotopic (exact) mass is 360 g/mol. The van der Waals surface area contributed by atoms with Crippen LogP contribution in [0.2, 0.25) is 10.0 Å². The maximum atomic E-state index is 12.6. The lowest BCUT2D eigenvalue weighted by molar-refractivity contribution is 0.0746. The molecule has 1 aromatic carbocycles. The first-order chi connectivity index (χ1) is 11.6. The second kappa shape index (κ2) is 7.08. The number of carbonyl (C=O) groups excluding carboxylic acids is 1. The van der Waals surface area contributed by atoms with Gasteiger partial charge >= 0.3 is 0 Å². The molecular weight excluding hydrogens is 347 g/mol. The highest BCUT2D eigenvalue weighted by atomic mass is 35.5. The van der Waals surface area contributed by atoms with Crippen LogP contribution in [0.25, 0.3) is 0 Å². The maximum Gasteiger partial charge on any atom is 0.255 e. The van der Waals surface area contributed by atoms with Crippen LogP contribution in [-0.2, 0) is 0 Å². The minimum Gasteiger partial charge on any atom is -0.353 e. The molecule has 1 amide bonds. The molecule has 2 heterocycles. The number of carbonyl (C=O) groups is 1. The molecule has 0 unspecified atom stereocenters. The smallest absolute Gasteiger partial charge is 0.255 e. The summed E-state index contributed by atoms with van der Waals surface area (Å²) in [4.78, 5) is 20.7. The summed E-state index contributed by atoms with van der Waals surface area (Å²) >= 11 is 12.1. The standard InChI is InChI=1S/C17H14Cl2N4O/c18-14-3-1-2-13(16(14)19)17(24)23-8-6-22(7-9-23)15-10-12(11-20)4-5-21-15/h1-5,10H,6-9H2. The zero-order chi connectivity index (χ0) is 17.1. The Kier molecular flexibility index (Phi) is 4.89. The number of hydrogen-bond acceptors (Lipinski definition) is 4. The highest BCUT2D eigenvalue weighted by Crippen LogP contribution is 2.27. The van der Waals surface area contributed by atoms with Crippen molar-refractivity contribution in [2.24, 2.45) is 0 Å². The van der Waals surface area contributed by atoms with Gasteiger partial charge in [0.25, 0.3) is 5.91 Å². The molecule has 0 saturated carbocycles. The average molecular weight is 361 g/mol. The SMILES string of the molecule is N#Cc1ccnc(N2CCN(C(=O)c3cccc(Cl)c3Cl)CC2)c1. The number of hydrogen-bond donors (Lipinski definition) is 0. The van der Waals surface area contributed by atoms with E-state index in [1.54, 1.807) is 41.4 Å². The summed E-state index contributed by atoms with van der Waals surface area (Å²) in [5.74, 6) is 0.628. The molecule has 0 N–H and O–H groups in total. The number of nitriles is 1. The van der Waals surface area contributed by atoms with Gasteiger partial charge in [-0.15, -0.1) is 0 Å². The Morgan fingerprint density at radius 3 is 2.62 bits per heavy atom. The number of piperazine rings is 1. The van der Waals surface area contributed by atoms with E-state index in [0.717, 1.165) is 5.82 Å². The van der Waals surface area contributed by atoms with Crippen LogP contribution in [-0.4, -0.2) is 42.0 Å². The molecule has 3 rings (SSSR count). The van der Waals surface area contributed by atoms with E-state index < -0.39 is 0 Å². The summed E-state index contributed by atoms with van der Waals surface area (Å²) < 4.78 is 0. The first kappa shape index (κ1) is 16.6. The molecule has 1 saturated heterocycles. The molecule has 5 nitrogen and oxygen atoms in total. The van der Waals surface area contributed by atoms with E-state index in [0.29, 0.717) is 42.3 Å². The minimum absolute atomic E-state index is 0.124. The van der Waals surface area contributed by atoms with E-state index in [1.165, 1.54) is 0 Å². The second-order valence-electron chi connectivity index (χ2n) is 5.40. The largest absolute Gasteiger partial charge is 0.353 e. The molecule has 1 fully saturated rings. The molecule has 122 valence electrons. The fourth-order valence-corrected chi connectivity index (χ4v) is 3.02. The Labute approximate surface area is 150 Å². The minimum atomic E-state index is -0.124. The third-order valence-electron chi connectivity index (χ3n) is 3.95. The van der Waals surface area contributed by atoms with Crippen molar-refractivity contribution in [2.45, 2.75) is 0 Å². The molecule has 1 aromatic heterocycles. The van der Waals surface area contributed by atoms with Gasteiger partial charge < -0.3 is 9.80 Å². The number of pyridine rings is 1. The summed E-state index contributed by atoms with van der Waals surface area (Å²) in [6, 6.07) is 10.6. The maximum absolute atomic E-state index is 12.6. The van der Waals surface area contributed by atoms with E-state index in [2.05, 4.69) is 16.0 Å². The molecule has 24 heavy (non-hydrogen) atoms.